The van der Waals surface area contributed by atoms with Crippen molar-refractivity contribution in [3.63, 3.8) is 0 Å². The molecule has 168 valence electrons. The molecule has 2 aromatic heterocycles. The maximum atomic E-state index is 9.70. The summed E-state index contributed by atoms with van der Waals surface area (Å²) < 4.78 is 5.62. The molecule has 0 spiro atoms. The van der Waals surface area contributed by atoms with Crippen LogP contribution in [0.15, 0.2) is 54.6 Å². The minimum Gasteiger partial charge on any atom is -0.494 e. The quantitative estimate of drug-likeness (QED) is 0.533. The first-order valence-corrected chi connectivity index (χ1v) is 11.4. The number of rotatable bonds is 8. The van der Waals surface area contributed by atoms with Crippen molar-refractivity contribution in [3.05, 3.63) is 77.1 Å². The highest BCUT2D eigenvalue weighted by molar-refractivity contribution is 5.51. The van der Waals surface area contributed by atoms with Crippen molar-refractivity contribution in [2.45, 2.75) is 45.8 Å². The lowest BCUT2D eigenvalue weighted by molar-refractivity contribution is 0.198. The van der Waals surface area contributed by atoms with Crippen molar-refractivity contribution in [2.75, 3.05) is 25.0 Å². The summed E-state index contributed by atoms with van der Waals surface area (Å²) in [6.45, 7) is 7.44. The van der Waals surface area contributed by atoms with E-state index in [0.717, 1.165) is 66.8 Å². The second-order valence-electron chi connectivity index (χ2n) is 8.34. The molecule has 0 radical (unpaired) electrons. The smallest absolute Gasteiger partial charge is 0.131 e. The normalized spacial score (nSPS) is 16.7. The minimum atomic E-state index is -0.00862. The number of pyridine rings is 2. The van der Waals surface area contributed by atoms with Gasteiger partial charge in [-0.15, -0.1) is 0 Å². The Morgan fingerprint density at radius 3 is 2.69 bits per heavy atom. The molecule has 1 saturated heterocycles. The van der Waals surface area contributed by atoms with Crippen LogP contribution < -0.4 is 10.1 Å². The van der Waals surface area contributed by atoms with Gasteiger partial charge >= 0.3 is 0 Å². The first-order chi connectivity index (χ1) is 15.6. The van der Waals surface area contributed by atoms with E-state index >= 15 is 0 Å². The van der Waals surface area contributed by atoms with Crippen LogP contribution in [0.2, 0.25) is 0 Å². The van der Waals surface area contributed by atoms with Gasteiger partial charge in [0.2, 0.25) is 0 Å². The molecule has 0 amide bonds. The number of benzene rings is 1. The van der Waals surface area contributed by atoms with Crippen LogP contribution in [0.5, 0.6) is 5.75 Å². The Bertz CT molecular complexity index is 1040. The number of aliphatic hydroxyl groups is 1. The second kappa shape index (κ2) is 10.6. The van der Waals surface area contributed by atoms with Crippen LogP contribution in [0.25, 0.3) is 0 Å². The number of likely N-dealkylation sites (tertiary alicyclic amines) is 1. The SMILES string of the molecule is CCOc1ccc(CN2CCCC(c3cccc(Nc4cccc(C)n4)n3)C2)cc1CO. The number of nitrogens with zero attached hydrogens (tertiary/aromatic N) is 3. The van der Waals surface area contributed by atoms with E-state index in [0.29, 0.717) is 12.5 Å². The van der Waals surface area contributed by atoms with Crippen molar-refractivity contribution in [1.82, 2.24) is 14.9 Å². The third kappa shape index (κ3) is 5.64. The maximum absolute atomic E-state index is 9.70. The summed E-state index contributed by atoms with van der Waals surface area (Å²) in [6, 6.07) is 18.3. The van der Waals surface area contributed by atoms with E-state index in [1.54, 1.807) is 0 Å². The highest BCUT2D eigenvalue weighted by Gasteiger charge is 2.23. The van der Waals surface area contributed by atoms with Gasteiger partial charge in [0.1, 0.15) is 17.4 Å². The molecule has 1 aliphatic rings. The molecule has 1 aliphatic heterocycles. The Hall–Kier alpha value is -2.96. The first kappa shape index (κ1) is 22.2. The van der Waals surface area contributed by atoms with Crippen LogP contribution >= 0.6 is 0 Å². The summed E-state index contributed by atoms with van der Waals surface area (Å²) in [7, 11) is 0. The van der Waals surface area contributed by atoms with Crippen LogP contribution in [-0.4, -0.2) is 39.7 Å². The van der Waals surface area contributed by atoms with Gasteiger partial charge in [-0.25, -0.2) is 9.97 Å². The van der Waals surface area contributed by atoms with E-state index in [1.165, 1.54) is 5.56 Å². The van der Waals surface area contributed by atoms with Gasteiger partial charge in [-0.3, -0.25) is 4.90 Å². The fourth-order valence-electron chi connectivity index (χ4n) is 4.34. The number of piperidine rings is 1. The number of hydrogen-bond donors (Lipinski definition) is 2. The lowest BCUT2D eigenvalue weighted by Crippen LogP contribution is -2.34. The number of aromatic nitrogens is 2. The van der Waals surface area contributed by atoms with E-state index in [2.05, 4.69) is 39.5 Å². The molecule has 4 rings (SSSR count). The van der Waals surface area contributed by atoms with Gasteiger partial charge in [-0.2, -0.15) is 0 Å². The van der Waals surface area contributed by atoms with Gasteiger partial charge in [0.15, 0.2) is 0 Å². The minimum absolute atomic E-state index is 0.00862. The highest BCUT2D eigenvalue weighted by atomic mass is 16.5. The van der Waals surface area contributed by atoms with Crippen LogP contribution in [0, 0.1) is 6.92 Å². The molecule has 2 N–H and O–H groups in total. The lowest BCUT2D eigenvalue weighted by atomic mass is 9.94. The first-order valence-electron chi connectivity index (χ1n) is 11.4. The number of ether oxygens (including phenoxy) is 1. The van der Waals surface area contributed by atoms with Gasteiger partial charge < -0.3 is 15.2 Å². The van der Waals surface area contributed by atoms with Gasteiger partial charge in [0.05, 0.1) is 13.2 Å². The molecule has 1 fully saturated rings. The zero-order valence-corrected chi connectivity index (χ0v) is 18.9. The number of hydrogen-bond acceptors (Lipinski definition) is 6. The van der Waals surface area contributed by atoms with E-state index < -0.39 is 0 Å². The molecule has 32 heavy (non-hydrogen) atoms. The largest absolute Gasteiger partial charge is 0.494 e. The molecule has 6 heteroatoms. The predicted octanol–water partition coefficient (Wildman–Crippen LogP) is 4.80. The van der Waals surface area contributed by atoms with Crippen LogP contribution in [-0.2, 0) is 13.2 Å². The van der Waals surface area contributed by atoms with Gasteiger partial charge in [0, 0.05) is 36.0 Å². The zero-order chi connectivity index (χ0) is 22.3. The third-order valence-electron chi connectivity index (χ3n) is 5.84. The molecule has 0 saturated carbocycles. The molecule has 0 bridgehead atoms. The van der Waals surface area contributed by atoms with Crippen molar-refractivity contribution in [1.29, 1.82) is 0 Å². The standard InChI is InChI=1S/C26H32N4O2/c1-3-32-24-13-12-20(15-22(24)18-31)16-30-14-6-8-21(17-30)23-9-5-11-26(28-23)29-25-10-4-7-19(2)27-25/h4-5,7,9-13,15,21,31H,3,6,8,14,16-18H2,1-2H3,(H,27,28,29). The summed E-state index contributed by atoms with van der Waals surface area (Å²) in [5, 5.41) is 13.0. The Balaban J connectivity index is 1.43. The Morgan fingerprint density at radius 2 is 1.91 bits per heavy atom. The fourth-order valence-corrected chi connectivity index (χ4v) is 4.34. The number of anilines is 2. The maximum Gasteiger partial charge on any atom is 0.131 e. The van der Waals surface area contributed by atoms with Gasteiger partial charge in [-0.1, -0.05) is 18.2 Å². The van der Waals surface area contributed by atoms with Crippen LogP contribution in [0.1, 0.15) is 48.2 Å². The molecular formula is C26H32N4O2. The number of aliphatic hydroxyl groups excluding tert-OH is 1. The number of aryl methyl sites for hydroxylation is 1. The van der Waals surface area contributed by atoms with E-state index in [4.69, 9.17) is 9.72 Å². The van der Waals surface area contributed by atoms with Crippen molar-refractivity contribution < 1.29 is 9.84 Å². The number of nitrogens with one attached hydrogen (secondary N) is 1. The molecule has 1 aromatic carbocycles. The molecule has 1 atom stereocenters. The van der Waals surface area contributed by atoms with Crippen molar-refractivity contribution >= 4 is 11.6 Å². The highest BCUT2D eigenvalue weighted by Crippen LogP contribution is 2.29. The summed E-state index contributed by atoms with van der Waals surface area (Å²) in [4.78, 5) is 11.9. The van der Waals surface area contributed by atoms with Crippen LogP contribution in [0.4, 0.5) is 11.6 Å². The topological polar surface area (TPSA) is 70.5 Å². The zero-order valence-electron chi connectivity index (χ0n) is 18.9. The lowest BCUT2D eigenvalue weighted by Gasteiger charge is -2.32. The Kier molecular flexibility index (Phi) is 7.35. The summed E-state index contributed by atoms with van der Waals surface area (Å²) in [5.41, 5.74) is 4.15. The van der Waals surface area contributed by atoms with E-state index in [-0.39, 0.29) is 6.61 Å². The molecular weight excluding hydrogens is 400 g/mol. The average molecular weight is 433 g/mol. The molecule has 3 aromatic rings. The van der Waals surface area contributed by atoms with E-state index in [9.17, 15) is 5.11 Å². The predicted molar refractivity (Wildman–Crippen MR) is 127 cm³/mol. The van der Waals surface area contributed by atoms with Crippen molar-refractivity contribution in [3.8, 4) is 5.75 Å². The van der Waals surface area contributed by atoms with Gasteiger partial charge in [-0.05, 0) is 75.2 Å². The summed E-state index contributed by atoms with van der Waals surface area (Å²) in [6.07, 6.45) is 2.29. The Labute approximate surface area is 190 Å². The molecule has 6 nitrogen and oxygen atoms in total. The van der Waals surface area contributed by atoms with E-state index in [1.807, 2.05) is 44.2 Å². The third-order valence-corrected chi connectivity index (χ3v) is 5.84. The van der Waals surface area contributed by atoms with Crippen molar-refractivity contribution in [2.24, 2.45) is 0 Å². The fraction of sp³-hybridized carbons (Fsp3) is 0.385. The molecule has 3 heterocycles. The monoisotopic (exact) mass is 432 g/mol. The molecule has 0 aliphatic carbocycles. The summed E-state index contributed by atoms with van der Waals surface area (Å²) >= 11 is 0. The van der Waals surface area contributed by atoms with Crippen LogP contribution in [0.3, 0.4) is 0 Å². The van der Waals surface area contributed by atoms with Gasteiger partial charge in [0.25, 0.3) is 0 Å². The molecule has 1 unspecified atom stereocenters. The second-order valence-corrected chi connectivity index (χ2v) is 8.34. The Morgan fingerprint density at radius 1 is 1.09 bits per heavy atom. The average Bonchev–Trinajstić information content (AvgIpc) is 2.80. The summed E-state index contributed by atoms with van der Waals surface area (Å²) in [5.74, 6) is 2.81.